The molecule has 0 aliphatic rings. The predicted octanol–water partition coefficient (Wildman–Crippen LogP) is 3.23. The fourth-order valence-electron chi connectivity index (χ4n) is 1.75. The van der Waals surface area contributed by atoms with Crippen LogP contribution in [0.2, 0.25) is 0 Å². The van der Waals surface area contributed by atoms with E-state index in [1.54, 1.807) is 49.6 Å². The van der Waals surface area contributed by atoms with Gasteiger partial charge in [0.05, 0.1) is 7.11 Å². The summed E-state index contributed by atoms with van der Waals surface area (Å²) in [5.74, 6) is 0.739. The summed E-state index contributed by atoms with van der Waals surface area (Å²) < 4.78 is 5.06. The Morgan fingerprint density at radius 2 is 1.80 bits per heavy atom. The van der Waals surface area contributed by atoms with Crippen molar-refractivity contribution in [1.82, 2.24) is 0 Å². The Labute approximate surface area is 117 Å². The molecular weight excluding hydrogens is 254 g/mol. The Morgan fingerprint density at radius 3 is 2.45 bits per heavy atom. The van der Waals surface area contributed by atoms with Crippen LogP contribution in [0.1, 0.15) is 5.56 Å². The lowest BCUT2D eigenvalue weighted by Crippen LogP contribution is -2.20. The molecule has 4 N–H and O–H groups in total. The quantitative estimate of drug-likeness (QED) is 0.750. The first kappa shape index (κ1) is 13.7. The van der Waals surface area contributed by atoms with Gasteiger partial charge in [-0.25, -0.2) is 4.79 Å². The number of nitrogens with one attached hydrogen (secondary N) is 2. The largest absolute Gasteiger partial charge is 0.497 e. The van der Waals surface area contributed by atoms with Gasteiger partial charge in [0, 0.05) is 17.1 Å². The number of anilines is 3. The van der Waals surface area contributed by atoms with E-state index in [1.807, 2.05) is 6.92 Å². The van der Waals surface area contributed by atoms with Crippen LogP contribution in [-0.2, 0) is 0 Å². The number of ether oxygens (including phenoxy) is 1. The third kappa shape index (κ3) is 3.20. The zero-order chi connectivity index (χ0) is 14.5. The van der Waals surface area contributed by atoms with E-state index in [4.69, 9.17) is 10.5 Å². The molecule has 5 nitrogen and oxygen atoms in total. The van der Waals surface area contributed by atoms with Gasteiger partial charge in [-0.3, -0.25) is 0 Å². The molecule has 20 heavy (non-hydrogen) atoms. The summed E-state index contributed by atoms with van der Waals surface area (Å²) in [6, 6.07) is 12.2. The van der Waals surface area contributed by atoms with Gasteiger partial charge in [0.2, 0.25) is 0 Å². The number of carbonyl (C=O) groups is 1. The van der Waals surface area contributed by atoms with Crippen LogP contribution >= 0.6 is 0 Å². The van der Waals surface area contributed by atoms with Crippen molar-refractivity contribution in [1.29, 1.82) is 0 Å². The summed E-state index contributed by atoms with van der Waals surface area (Å²) in [7, 11) is 1.59. The van der Waals surface area contributed by atoms with E-state index >= 15 is 0 Å². The molecule has 0 aliphatic heterocycles. The lowest BCUT2D eigenvalue weighted by molar-refractivity contribution is 0.262. The predicted molar refractivity (Wildman–Crippen MR) is 81.2 cm³/mol. The molecular formula is C15H17N3O2. The van der Waals surface area contributed by atoms with E-state index in [-0.39, 0.29) is 6.03 Å². The van der Waals surface area contributed by atoms with Crippen LogP contribution in [0, 0.1) is 6.92 Å². The van der Waals surface area contributed by atoms with Crippen molar-refractivity contribution in [3.8, 4) is 5.75 Å². The average molecular weight is 271 g/mol. The number of carbonyl (C=O) groups excluding carboxylic acids is 1. The first-order valence-electron chi connectivity index (χ1n) is 6.17. The van der Waals surface area contributed by atoms with Crippen LogP contribution in [0.3, 0.4) is 0 Å². The zero-order valence-corrected chi connectivity index (χ0v) is 11.4. The molecule has 2 rings (SSSR count). The van der Waals surface area contributed by atoms with E-state index in [1.165, 1.54) is 0 Å². The highest BCUT2D eigenvalue weighted by atomic mass is 16.5. The topological polar surface area (TPSA) is 76.4 Å². The third-order valence-corrected chi connectivity index (χ3v) is 2.97. The monoisotopic (exact) mass is 271 g/mol. The van der Waals surface area contributed by atoms with Crippen molar-refractivity contribution in [3.05, 3.63) is 48.0 Å². The number of hydrogen-bond acceptors (Lipinski definition) is 3. The van der Waals surface area contributed by atoms with Crippen molar-refractivity contribution in [2.45, 2.75) is 6.92 Å². The van der Waals surface area contributed by atoms with Gasteiger partial charge in [-0.1, -0.05) is 6.07 Å². The minimum absolute atomic E-state index is 0.316. The molecule has 2 aromatic rings. The van der Waals surface area contributed by atoms with Crippen LogP contribution < -0.4 is 21.1 Å². The van der Waals surface area contributed by atoms with E-state index in [0.29, 0.717) is 17.1 Å². The Bertz CT molecular complexity index is 609. The molecule has 0 fully saturated rings. The molecule has 0 aliphatic carbocycles. The average Bonchev–Trinajstić information content (AvgIpc) is 2.45. The normalized spacial score (nSPS) is 9.90. The molecule has 0 spiro atoms. The fourth-order valence-corrected chi connectivity index (χ4v) is 1.75. The summed E-state index contributed by atoms with van der Waals surface area (Å²) in [5, 5.41) is 5.51. The van der Waals surface area contributed by atoms with Gasteiger partial charge in [0.1, 0.15) is 5.75 Å². The van der Waals surface area contributed by atoms with Crippen LogP contribution in [0.15, 0.2) is 42.5 Å². The summed E-state index contributed by atoms with van der Waals surface area (Å²) in [6.45, 7) is 1.86. The summed E-state index contributed by atoms with van der Waals surface area (Å²) in [6.07, 6.45) is 0. The SMILES string of the molecule is COc1ccc(NC(=O)Nc2cccc(N)c2C)cc1. The molecule has 104 valence electrons. The van der Waals surface area contributed by atoms with E-state index in [0.717, 1.165) is 11.3 Å². The Balaban J connectivity index is 2.03. The van der Waals surface area contributed by atoms with Crippen LogP contribution in [-0.4, -0.2) is 13.1 Å². The molecule has 0 heterocycles. The van der Waals surface area contributed by atoms with Gasteiger partial charge < -0.3 is 21.1 Å². The van der Waals surface area contributed by atoms with Gasteiger partial charge in [0.25, 0.3) is 0 Å². The van der Waals surface area contributed by atoms with Gasteiger partial charge in [-0.15, -0.1) is 0 Å². The molecule has 5 heteroatoms. The molecule has 0 saturated heterocycles. The first-order valence-corrected chi connectivity index (χ1v) is 6.17. The number of rotatable bonds is 3. The van der Waals surface area contributed by atoms with Crippen molar-refractivity contribution >= 4 is 23.1 Å². The van der Waals surface area contributed by atoms with Crippen molar-refractivity contribution in [3.63, 3.8) is 0 Å². The van der Waals surface area contributed by atoms with Crippen molar-refractivity contribution in [2.75, 3.05) is 23.5 Å². The molecule has 0 unspecified atom stereocenters. The zero-order valence-electron chi connectivity index (χ0n) is 11.4. The number of benzene rings is 2. The van der Waals surface area contributed by atoms with Gasteiger partial charge in [-0.05, 0) is 48.9 Å². The van der Waals surface area contributed by atoms with E-state index in [9.17, 15) is 4.79 Å². The number of urea groups is 1. The Hall–Kier alpha value is -2.69. The number of methoxy groups -OCH3 is 1. The second-order valence-electron chi connectivity index (χ2n) is 4.33. The molecule has 0 aromatic heterocycles. The summed E-state index contributed by atoms with van der Waals surface area (Å²) >= 11 is 0. The molecule has 0 bridgehead atoms. The number of nitrogen functional groups attached to an aromatic ring is 1. The maximum absolute atomic E-state index is 11.9. The highest BCUT2D eigenvalue weighted by Crippen LogP contribution is 2.21. The second kappa shape index (κ2) is 5.97. The summed E-state index contributed by atoms with van der Waals surface area (Å²) in [4.78, 5) is 11.9. The van der Waals surface area contributed by atoms with Crippen molar-refractivity contribution < 1.29 is 9.53 Å². The molecule has 0 saturated carbocycles. The van der Waals surface area contributed by atoms with Gasteiger partial charge in [-0.2, -0.15) is 0 Å². The smallest absolute Gasteiger partial charge is 0.323 e. The van der Waals surface area contributed by atoms with Gasteiger partial charge >= 0.3 is 6.03 Å². The number of nitrogens with two attached hydrogens (primary N) is 1. The molecule has 2 aromatic carbocycles. The highest BCUT2D eigenvalue weighted by Gasteiger charge is 2.06. The minimum atomic E-state index is -0.316. The van der Waals surface area contributed by atoms with Crippen molar-refractivity contribution in [2.24, 2.45) is 0 Å². The molecule has 0 radical (unpaired) electrons. The summed E-state index contributed by atoms with van der Waals surface area (Å²) in [5.41, 5.74) is 8.66. The maximum Gasteiger partial charge on any atom is 0.323 e. The highest BCUT2D eigenvalue weighted by molar-refractivity contribution is 6.00. The molecule has 2 amide bonds. The minimum Gasteiger partial charge on any atom is -0.497 e. The Morgan fingerprint density at radius 1 is 1.10 bits per heavy atom. The van der Waals surface area contributed by atoms with Gasteiger partial charge in [0.15, 0.2) is 0 Å². The standard InChI is InChI=1S/C15H17N3O2/c1-10-13(16)4-3-5-14(10)18-15(19)17-11-6-8-12(20-2)9-7-11/h3-9H,16H2,1-2H3,(H2,17,18,19). The van der Waals surface area contributed by atoms with E-state index < -0.39 is 0 Å². The maximum atomic E-state index is 11.9. The van der Waals surface area contributed by atoms with Crippen LogP contribution in [0.5, 0.6) is 5.75 Å². The number of amides is 2. The fraction of sp³-hybridized carbons (Fsp3) is 0.133. The molecule has 0 atom stereocenters. The number of hydrogen-bond donors (Lipinski definition) is 3. The third-order valence-electron chi connectivity index (χ3n) is 2.97. The Kier molecular flexibility index (Phi) is 4.10. The first-order chi connectivity index (χ1) is 9.60. The van der Waals surface area contributed by atoms with Crippen LogP contribution in [0.25, 0.3) is 0 Å². The lowest BCUT2D eigenvalue weighted by atomic mass is 10.1. The van der Waals surface area contributed by atoms with Crippen LogP contribution in [0.4, 0.5) is 21.9 Å². The lowest BCUT2D eigenvalue weighted by Gasteiger charge is -2.11. The van der Waals surface area contributed by atoms with E-state index in [2.05, 4.69) is 10.6 Å². The second-order valence-corrected chi connectivity index (χ2v) is 4.33.